The number of benzene rings is 2. The Balaban J connectivity index is 1.88. The minimum atomic E-state index is -1.17. The SMILES string of the molecule is CC(C)C[C@H](NC(=O)CNC(=O)OCc1ccccc1)C(=O)N[C@H](Cc1ccccc1)C(=O)O. The quantitative estimate of drug-likeness (QED) is 0.377. The summed E-state index contributed by atoms with van der Waals surface area (Å²) in [5.41, 5.74) is 1.57. The van der Waals surface area contributed by atoms with Gasteiger partial charge in [0.2, 0.25) is 11.8 Å². The first-order valence-corrected chi connectivity index (χ1v) is 11.1. The van der Waals surface area contributed by atoms with Crippen LogP contribution in [0.4, 0.5) is 4.79 Å². The molecule has 0 fully saturated rings. The second-order valence-electron chi connectivity index (χ2n) is 8.25. The van der Waals surface area contributed by atoms with Gasteiger partial charge in [0.1, 0.15) is 25.2 Å². The van der Waals surface area contributed by atoms with Gasteiger partial charge in [0.15, 0.2) is 0 Å². The number of carboxylic acid groups (broad SMARTS) is 1. The third kappa shape index (κ3) is 9.72. The Kier molecular flexibility index (Phi) is 10.6. The van der Waals surface area contributed by atoms with Crippen LogP contribution in [0.25, 0.3) is 0 Å². The van der Waals surface area contributed by atoms with E-state index in [0.717, 1.165) is 11.1 Å². The van der Waals surface area contributed by atoms with Crippen molar-refractivity contribution in [3.63, 3.8) is 0 Å². The van der Waals surface area contributed by atoms with Gasteiger partial charge in [-0.05, 0) is 23.5 Å². The van der Waals surface area contributed by atoms with Gasteiger partial charge < -0.3 is 25.8 Å². The van der Waals surface area contributed by atoms with Crippen LogP contribution in [0.2, 0.25) is 0 Å². The third-order valence-electron chi connectivity index (χ3n) is 4.86. The van der Waals surface area contributed by atoms with Crippen molar-refractivity contribution >= 4 is 23.9 Å². The number of alkyl carbamates (subject to hydrolysis) is 1. The highest BCUT2D eigenvalue weighted by Crippen LogP contribution is 2.08. The Bertz CT molecular complexity index is 950. The van der Waals surface area contributed by atoms with Gasteiger partial charge in [-0.2, -0.15) is 0 Å². The van der Waals surface area contributed by atoms with Crippen LogP contribution in [-0.4, -0.2) is 47.6 Å². The first-order valence-electron chi connectivity index (χ1n) is 11.1. The van der Waals surface area contributed by atoms with E-state index in [1.807, 2.05) is 38.1 Å². The number of nitrogens with one attached hydrogen (secondary N) is 3. The lowest BCUT2D eigenvalue weighted by atomic mass is 10.0. The maximum Gasteiger partial charge on any atom is 0.407 e. The summed E-state index contributed by atoms with van der Waals surface area (Å²) < 4.78 is 5.06. The van der Waals surface area contributed by atoms with E-state index in [9.17, 15) is 24.3 Å². The fourth-order valence-corrected chi connectivity index (χ4v) is 3.20. The zero-order valence-electron chi connectivity index (χ0n) is 19.3. The molecular weight excluding hydrogens is 438 g/mol. The van der Waals surface area contributed by atoms with Crippen LogP contribution < -0.4 is 16.0 Å². The first-order chi connectivity index (χ1) is 16.2. The summed E-state index contributed by atoms with van der Waals surface area (Å²) in [6, 6.07) is 15.9. The molecular formula is C25H31N3O6. The van der Waals surface area contributed by atoms with Crippen molar-refractivity contribution < 1.29 is 29.0 Å². The Labute approximate surface area is 198 Å². The van der Waals surface area contributed by atoms with Crippen molar-refractivity contribution in [3.05, 3.63) is 71.8 Å². The van der Waals surface area contributed by atoms with Crippen LogP contribution in [0, 0.1) is 5.92 Å². The number of hydrogen-bond acceptors (Lipinski definition) is 5. The summed E-state index contributed by atoms with van der Waals surface area (Å²) in [7, 11) is 0. The molecule has 2 aromatic carbocycles. The van der Waals surface area contributed by atoms with Crippen molar-refractivity contribution in [1.29, 1.82) is 0 Å². The second kappa shape index (κ2) is 13.6. The summed E-state index contributed by atoms with van der Waals surface area (Å²) in [4.78, 5) is 48.7. The van der Waals surface area contributed by atoms with Gasteiger partial charge in [0, 0.05) is 6.42 Å². The highest BCUT2D eigenvalue weighted by Gasteiger charge is 2.27. The number of amides is 3. The topological polar surface area (TPSA) is 134 Å². The van der Waals surface area contributed by atoms with Crippen molar-refractivity contribution in [2.45, 2.75) is 45.4 Å². The van der Waals surface area contributed by atoms with E-state index in [0.29, 0.717) is 6.42 Å². The van der Waals surface area contributed by atoms with Gasteiger partial charge in [-0.1, -0.05) is 74.5 Å². The third-order valence-corrected chi connectivity index (χ3v) is 4.86. The van der Waals surface area contributed by atoms with Crippen LogP contribution in [0.5, 0.6) is 0 Å². The summed E-state index contributed by atoms with van der Waals surface area (Å²) in [5.74, 6) is -2.31. The molecule has 9 heteroatoms. The van der Waals surface area contributed by atoms with Gasteiger partial charge in [-0.3, -0.25) is 9.59 Å². The summed E-state index contributed by atoms with van der Waals surface area (Å²) in [6.45, 7) is 3.43. The summed E-state index contributed by atoms with van der Waals surface area (Å²) >= 11 is 0. The molecule has 0 radical (unpaired) electrons. The lowest BCUT2D eigenvalue weighted by molar-refractivity contribution is -0.142. The minimum absolute atomic E-state index is 0.0530. The van der Waals surface area contributed by atoms with Gasteiger partial charge in [0.25, 0.3) is 0 Å². The first kappa shape index (κ1) is 26.4. The molecule has 0 aliphatic rings. The Morgan fingerprint density at radius 1 is 0.853 bits per heavy atom. The molecule has 9 nitrogen and oxygen atoms in total. The average molecular weight is 470 g/mol. The highest BCUT2D eigenvalue weighted by atomic mass is 16.5. The molecule has 2 atom stereocenters. The monoisotopic (exact) mass is 469 g/mol. The second-order valence-corrected chi connectivity index (χ2v) is 8.25. The molecule has 0 unspecified atom stereocenters. The molecule has 0 saturated carbocycles. The van der Waals surface area contributed by atoms with Crippen molar-refractivity contribution in [2.75, 3.05) is 6.54 Å². The van der Waals surface area contributed by atoms with E-state index in [4.69, 9.17) is 4.74 Å². The molecule has 0 spiro atoms. The van der Waals surface area contributed by atoms with E-state index in [1.165, 1.54) is 0 Å². The molecule has 0 aliphatic carbocycles. The normalized spacial score (nSPS) is 12.3. The maximum atomic E-state index is 12.8. The fraction of sp³-hybridized carbons (Fsp3) is 0.360. The standard InChI is InChI=1S/C25H31N3O6/c1-17(2)13-20(23(30)28-21(24(31)32)14-18-9-5-3-6-10-18)27-22(29)15-26-25(33)34-16-19-11-7-4-8-12-19/h3-12,17,20-21H,13-16H2,1-2H3,(H,26,33)(H,27,29)(H,28,30)(H,31,32)/t20-,21+/m0/s1. The molecule has 0 aliphatic heterocycles. The molecule has 182 valence electrons. The van der Waals surface area contributed by atoms with E-state index >= 15 is 0 Å². The average Bonchev–Trinajstić information content (AvgIpc) is 2.81. The zero-order valence-corrected chi connectivity index (χ0v) is 19.3. The lowest BCUT2D eigenvalue weighted by Gasteiger charge is -2.23. The van der Waals surface area contributed by atoms with Crippen LogP contribution in [0.15, 0.2) is 60.7 Å². The number of aliphatic carboxylic acids is 1. The van der Waals surface area contributed by atoms with Gasteiger partial charge in [-0.15, -0.1) is 0 Å². The van der Waals surface area contributed by atoms with E-state index < -0.39 is 36.0 Å². The summed E-state index contributed by atoms with van der Waals surface area (Å²) in [5, 5.41) is 17.0. The van der Waals surface area contributed by atoms with Gasteiger partial charge >= 0.3 is 12.1 Å². The molecule has 2 aromatic rings. The molecule has 0 aromatic heterocycles. The minimum Gasteiger partial charge on any atom is -0.480 e. The number of ether oxygens (including phenoxy) is 1. The number of carboxylic acids is 1. The van der Waals surface area contributed by atoms with Crippen LogP contribution >= 0.6 is 0 Å². The Hall–Kier alpha value is -3.88. The summed E-state index contributed by atoms with van der Waals surface area (Å²) in [6.07, 6.45) is -0.357. The van der Waals surface area contributed by atoms with E-state index in [-0.39, 0.29) is 25.5 Å². The van der Waals surface area contributed by atoms with Crippen LogP contribution in [0.1, 0.15) is 31.4 Å². The van der Waals surface area contributed by atoms with Crippen molar-refractivity contribution in [2.24, 2.45) is 5.92 Å². The van der Waals surface area contributed by atoms with Gasteiger partial charge in [-0.25, -0.2) is 9.59 Å². The highest BCUT2D eigenvalue weighted by molar-refractivity contribution is 5.91. The van der Waals surface area contributed by atoms with Crippen LogP contribution in [0.3, 0.4) is 0 Å². The van der Waals surface area contributed by atoms with E-state index in [1.54, 1.807) is 36.4 Å². The largest absolute Gasteiger partial charge is 0.480 e. The smallest absolute Gasteiger partial charge is 0.407 e. The fourth-order valence-electron chi connectivity index (χ4n) is 3.20. The molecule has 0 bridgehead atoms. The zero-order chi connectivity index (χ0) is 24.9. The molecule has 3 amide bonds. The molecule has 4 N–H and O–H groups in total. The molecule has 0 saturated heterocycles. The molecule has 34 heavy (non-hydrogen) atoms. The number of hydrogen-bond donors (Lipinski definition) is 4. The number of carbonyl (C=O) groups excluding carboxylic acids is 3. The van der Waals surface area contributed by atoms with Crippen molar-refractivity contribution in [3.8, 4) is 0 Å². The maximum absolute atomic E-state index is 12.8. The molecule has 0 heterocycles. The van der Waals surface area contributed by atoms with Crippen molar-refractivity contribution in [1.82, 2.24) is 16.0 Å². The van der Waals surface area contributed by atoms with E-state index in [2.05, 4.69) is 16.0 Å². The Morgan fingerprint density at radius 2 is 1.44 bits per heavy atom. The van der Waals surface area contributed by atoms with Crippen LogP contribution in [-0.2, 0) is 32.1 Å². The molecule has 2 rings (SSSR count). The lowest BCUT2D eigenvalue weighted by Crippen LogP contribution is -2.54. The predicted octanol–water partition coefficient (Wildman–Crippen LogP) is 2.26. The number of carbonyl (C=O) groups is 4. The predicted molar refractivity (Wildman–Crippen MR) is 126 cm³/mol. The van der Waals surface area contributed by atoms with Gasteiger partial charge in [0.05, 0.1) is 0 Å². The Morgan fingerprint density at radius 3 is 2.00 bits per heavy atom. The number of rotatable bonds is 12.